The molecule has 2 amide bonds. The van der Waals surface area contributed by atoms with E-state index in [4.69, 9.17) is 47.0 Å². The molecule has 2 aliphatic rings. The van der Waals surface area contributed by atoms with E-state index in [1.807, 2.05) is 30.3 Å². The predicted molar refractivity (Wildman–Crippen MR) is 295 cm³/mol. The number of amides is 2. The van der Waals surface area contributed by atoms with Crippen molar-refractivity contribution in [2.24, 2.45) is 11.5 Å². The number of nitrogens with one attached hydrogen (secondary N) is 4. The van der Waals surface area contributed by atoms with E-state index in [1.165, 1.54) is 73.8 Å². The number of ether oxygens (including phenoxy) is 4. The minimum Gasteiger partial charge on any atom is -0.508 e. The van der Waals surface area contributed by atoms with Gasteiger partial charge in [0, 0.05) is 35.1 Å². The largest absolute Gasteiger partial charge is 0.508 e. The summed E-state index contributed by atoms with van der Waals surface area (Å²) >= 11 is 5.57. The number of aromatic hydroxyl groups is 1. The summed E-state index contributed by atoms with van der Waals surface area (Å²) in [5.41, 5.74) is 13.8. The van der Waals surface area contributed by atoms with Crippen LogP contribution >= 0.6 is 12.2 Å². The number of carboxylic acid groups (broad SMARTS) is 1. The number of carbonyl (C=O) groups excluding carboxylic acids is 4. The van der Waals surface area contributed by atoms with Gasteiger partial charge in [0.1, 0.15) is 52.1 Å². The van der Waals surface area contributed by atoms with Crippen LogP contribution in [-0.2, 0) is 22.6 Å². The van der Waals surface area contributed by atoms with E-state index in [0.717, 1.165) is 5.56 Å². The average Bonchev–Trinajstić information content (AvgIpc) is 3.58. The number of benzene rings is 4. The third-order valence-electron chi connectivity index (χ3n) is 11.7. The fourth-order valence-electron chi connectivity index (χ4n) is 7.89. The molecule has 0 radical (unpaired) electrons. The third-order valence-corrected chi connectivity index (χ3v) is 11.9. The van der Waals surface area contributed by atoms with E-state index in [-0.39, 0.29) is 130 Å². The lowest BCUT2D eigenvalue weighted by molar-refractivity contribution is -0.117. The van der Waals surface area contributed by atoms with Gasteiger partial charge in [0.05, 0.1) is 32.4 Å². The van der Waals surface area contributed by atoms with Gasteiger partial charge in [0.15, 0.2) is 22.0 Å². The zero-order valence-electron chi connectivity index (χ0n) is 42.2. The van der Waals surface area contributed by atoms with Crippen molar-refractivity contribution in [2.45, 2.75) is 25.9 Å². The molecular weight excluding hydrogens is 1040 g/mol. The zero-order chi connectivity index (χ0) is 56.0. The van der Waals surface area contributed by atoms with Crippen LogP contribution in [0.2, 0.25) is 0 Å². The number of Topliss-reactive ketones (excluding diaryl/α,β-unsaturated/α-hetero) is 1. The van der Waals surface area contributed by atoms with Crippen molar-refractivity contribution in [3.8, 4) is 45.8 Å². The van der Waals surface area contributed by atoms with Crippen molar-refractivity contribution in [1.82, 2.24) is 20.3 Å². The molecule has 0 saturated carbocycles. The van der Waals surface area contributed by atoms with E-state index in [0.29, 0.717) is 47.0 Å². The number of aromatic nitrogens is 3. The number of hydrogen-bond acceptors (Lipinski definition) is 18. The summed E-state index contributed by atoms with van der Waals surface area (Å²) in [4.78, 5) is 91.3. The van der Waals surface area contributed by atoms with Gasteiger partial charge in [-0.2, -0.15) is 0 Å². The molecule has 1 aliphatic heterocycles. The first-order chi connectivity index (χ1) is 38.2. The van der Waals surface area contributed by atoms with Crippen molar-refractivity contribution in [3.05, 3.63) is 165 Å². The number of nitrogens with zero attached hydrogens (tertiary/aromatic N) is 3. The van der Waals surface area contributed by atoms with Gasteiger partial charge in [-0.15, -0.1) is 0 Å². The van der Waals surface area contributed by atoms with Gasteiger partial charge in [-0.3, -0.25) is 19.2 Å². The molecule has 0 bridgehead atoms. The number of phenolic OH excluding ortho intramolecular Hbond substituents is 1. The summed E-state index contributed by atoms with van der Waals surface area (Å²) in [6, 6.07) is 30.9. The maximum Gasteiger partial charge on any atom is 0.356 e. The van der Waals surface area contributed by atoms with Crippen LogP contribution in [-0.4, -0.2) is 99.8 Å². The highest BCUT2D eigenvalue weighted by Crippen LogP contribution is 2.42. The first kappa shape index (κ1) is 55.4. The van der Waals surface area contributed by atoms with E-state index in [2.05, 4.69) is 36.2 Å². The Morgan fingerprint density at radius 1 is 0.658 bits per heavy atom. The molecule has 0 fully saturated rings. The molecule has 79 heavy (non-hydrogen) atoms. The van der Waals surface area contributed by atoms with E-state index < -0.39 is 23.8 Å². The van der Waals surface area contributed by atoms with Gasteiger partial charge in [-0.25, -0.2) is 24.5 Å². The van der Waals surface area contributed by atoms with Gasteiger partial charge >= 0.3 is 11.9 Å². The number of thiocarbonyl (C=S) groups is 1. The smallest absolute Gasteiger partial charge is 0.356 e. The van der Waals surface area contributed by atoms with Gasteiger partial charge in [0.25, 0.3) is 11.8 Å². The van der Waals surface area contributed by atoms with Crippen molar-refractivity contribution in [1.29, 1.82) is 0 Å². The quantitative estimate of drug-likeness (QED) is 0.0145. The third kappa shape index (κ3) is 14.0. The fourth-order valence-corrected chi connectivity index (χ4v) is 8.07. The molecule has 404 valence electrons. The van der Waals surface area contributed by atoms with Gasteiger partial charge in [0.2, 0.25) is 17.6 Å². The minimum absolute atomic E-state index is 0.00158. The summed E-state index contributed by atoms with van der Waals surface area (Å²) in [5.74, 6) is -3.80. The number of carboxylic acids is 1. The molecule has 10 N–H and O–H groups in total. The van der Waals surface area contributed by atoms with Crippen LogP contribution in [0, 0.1) is 0 Å². The van der Waals surface area contributed by atoms with Crippen molar-refractivity contribution in [3.63, 3.8) is 0 Å². The average molecular weight is 1090 g/mol. The lowest BCUT2D eigenvalue weighted by Crippen LogP contribution is -2.34. The van der Waals surface area contributed by atoms with Gasteiger partial charge < -0.3 is 66.3 Å². The monoisotopic (exact) mass is 1090 g/mol. The molecule has 8 rings (SSSR count). The Hall–Kier alpha value is -9.84. The summed E-state index contributed by atoms with van der Waals surface area (Å²) in [5, 5.41) is 32.4. The van der Waals surface area contributed by atoms with Gasteiger partial charge in [-0.1, -0.05) is 42.5 Å². The Bertz CT molecular complexity index is 3630. The van der Waals surface area contributed by atoms with Crippen LogP contribution in [0.4, 0.5) is 17.1 Å². The lowest BCUT2D eigenvalue weighted by Gasteiger charge is -2.17. The summed E-state index contributed by atoms with van der Waals surface area (Å²) in [7, 11) is 1.21. The first-order valence-corrected chi connectivity index (χ1v) is 24.8. The van der Waals surface area contributed by atoms with E-state index in [9.17, 15) is 39.0 Å². The van der Waals surface area contributed by atoms with Crippen LogP contribution in [0.5, 0.6) is 23.4 Å². The number of rotatable bonds is 23. The zero-order valence-corrected chi connectivity index (χ0v) is 43.0. The normalized spacial score (nSPS) is 10.9. The number of pyridine rings is 3. The molecule has 23 heteroatoms. The molecule has 0 saturated heterocycles. The highest BCUT2D eigenvalue weighted by atomic mass is 32.1. The molecular formula is C56H51N9O13S. The second-order valence-electron chi connectivity index (χ2n) is 17.3. The molecule has 3 aromatic carbocycles. The van der Waals surface area contributed by atoms with Crippen molar-refractivity contribution < 1.29 is 57.6 Å². The fraction of sp³-hybridized carbons (Fsp3) is 0.179. The van der Waals surface area contributed by atoms with Gasteiger partial charge in [-0.05, 0) is 122 Å². The Morgan fingerprint density at radius 2 is 1.25 bits per heavy atom. The summed E-state index contributed by atoms with van der Waals surface area (Å²) < 4.78 is 28.4. The van der Waals surface area contributed by atoms with Crippen LogP contribution in [0.15, 0.2) is 131 Å². The van der Waals surface area contributed by atoms with E-state index >= 15 is 0 Å². The second kappa shape index (κ2) is 25.8. The Kier molecular flexibility index (Phi) is 18.1. The maximum atomic E-state index is 13.9. The number of ketones is 1. The Balaban J connectivity index is 0.966. The number of carbonyl (C=O) groups is 5. The molecule has 22 nitrogen and oxygen atoms in total. The number of hydrogen-bond donors (Lipinski definition) is 8. The predicted octanol–water partition coefficient (Wildman–Crippen LogP) is 6.58. The summed E-state index contributed by atoms with van der Waals surface area (Å²) in [6.45, 7) is 0.623. The summed E-state index contributed by atoms with van der Waals surface area (Å²) in [6.07, 6.45) is 0.718. The lowest BCUT2D eigenvalue weighted by atomic mass is 9.89. The second-order valence-corrected chi connectivity index (χ2v) is 17.7. The highest BCUT2D eigenvalue weighted by molar-refractivity contribution is 7.80. The van der Waals surface area contributed by atoms with E-state index in [1.54, 1.807) is 24.3 Å². The van der Waals surface area contributed by atoms with Crippen LogP contribution in [0.1, 0.15) is 65.8 Å². The Morgan fingerprint density at radius 3 is 1.87 bits per heavy atom. The standard InChI is InChI=1S/C56H51N9O13S/c1-74-55(73)45-20-19-43(52(64-45)76-24-6-22-58)61-49(69)40-15-17-42(51(62-40)75-23-5-21-57)60-50(70)41-16-18-44(53(63-41)77-30-31-7-3-2-4-8-31)65-56(79)59-29-35(68)25-32-9-12-36(39(26-32)54(71)72)48-37-13-10-33(66)27-46(37)78-47-28-34(67)11-14-38(47)48/h2-4,7-20,26-28,66H,5-6,21-25,29-30,57-58H2,1H3,(H,60,70)(H,61,69)(H,71,72)(H2,59,65,79). The molecule has 4 heterocycles. The maximum absolute atomic E-state index is 13.9. The van der Waals surface area contributed by atoms with Crippen LogP contribution < -0.4 is 52.4 Å². The molecule has 0 atom stereocenters. The molecule has 1 aliphatic carbocycles. The first-order valence-electron chi connectivity index (χ1n) is 24.4. The molecule has 0 unspecified atom stereocenters. The van der Waals surface area contributed by atoms with Crippen molar-refractivity contribution in [2.75, 3.05) is 55.9 Å². The number of aromatic carboxylic acids is 1. The number of nitrogens with two attached hydrogens (primary N) is 2. The Labute approximate surface area is 455 Å². The SMILES string of the molecule is COC(=O)c1ccc(NC(=O)c2ccc(NC(=O)c3ccc(NC(=S)NCC(=O)Cc4ccc(-c5c6ccc(=O)cc-6oc6cc(O)ccc56)c(C(=O)O)c4)c(OCc4ccccc4)n3)c(OCCCN)n2)c(OCCCN)n1. The molecule has 6 aromatic rings. The topological polar surface area (TPSA) is 332 Å². The number of anilines is 3. The van der Waals surface area contributed by atoms with Crippen LogP contribution in [0.3, 0.4) is 0 Å². The number of methoxy groups -OCH3 is 1. The van der Waals surface area contributed by atoms with Crippen molar-refractivity contribution >= 4 is 74.9 Å². The number of esters is 1. The minimum atomic E-state index is -1.26. The number of phenols is 1. The van der Waals surface area contributed by atoms with Crippen LogP contribution in [0.25, 0.3) is 33.4 Å². The molecule has 3 aromatic heterocycles. The number of fused-ring (bicyclic) bond motifs is 2. The highest BCUT2D eigenvalue weighted by Gasteiger charge is 2.24. The molecule has 0 spiro atoms.